The van der Waals surface area contributed by atoms with E-state index in [-0.39, 0.29) is 37.0 Å². The molecule has 1 aromatic carbocycles. The van der Waals surface area contributed by atoms with Gasteiger partial charge in [-0.3, -0.25) is 9.59 Å². The van der Waals surface area contributed by atoms with Crippen LogP contribution in [0.1, 0.15) is 49.7 Å². The lowest BCUT2D eigenvalue weighted by molar-refractivity contribution is -0.205. The summed E-state index contributed by atoms with van der Waals surface area (Å²) in [7, 11) is 1.50. The van der Waals surface area contributed by atoms with Crippen LogP contribution < -0.4 is 0 Å². The van der Waals surface area contributed by atoms with Crippen molar-refractivity contribution >= 4 is 17.4 Å². The number of allylic oxidation sites excluding steroid dienone is 2. The number of rotatable bonds is 6. The SMILES string of the molecule is CCC(=O)N1CC2(C1)[C@@H](c1ccc(C3=CCCC3)cc1)[C@@H](CO)N2C(=O)COC. The summed E-state index contributed by atoms with van der Waals surface area (Å²) in [5.41, 5.74) is 3.33. The first-order valence-corrected chi connectivity index (χ1v) is 10.5. The largest absolute Gasteiger partial charge is 0.394 e. The van der Waals surface area contributed by atoms with Gasteiger partial charge in [-0.1, -0.05) is 37.3 Å². The maximum Gasteiger partial charge on any atom is 0.249 e. The molecule has 1 aromatic rings. The van der Waals surface area contributed by atoms with E-state index in [1.807, 2.05) is 11.8 Å². The van der Waals surface area contributed by atoms with Gasteiger partial charge in [0.25, 0.3) is 0 Å². The molecular weight excluding hydrogens is 368 g/mol. The molecule has 1 aliphatic carbocycles. The maximum absolute atomic E-state index is 12.7. The number of methoxy groups -OCH3 is 1. The quantitative estimate of drug-likeness (QED) is 0.797. The zero-order valence-electron chi connectivity index (χ0n) is 17.3. The molecular formula is C23H30N2O4. The molecule has 2 heterocycles. The summed E-state index contributed by atoms with van der Waals surface area (Å²) in [6.07, 6.45) is 6.25. The summed E-state index contributed by atoms with van der Waals surface area (Å²) >= 11 is 0. The van der Waals surface area contributed by atoms with Gasteiger partial charge in [-0.25, -0.2) is 0 Å². The molecule has 6 nitrogen and oxygen atoms in total. The van der Waals surface area contributed by atoms with Crippen molar-refractivity contribution in [2.24, 2.45) is 0 Å². The fourth-order valence-corrected chi connectivity index (χ4v) is 5.45. The Balaban J connectivity index is 1.61. The number of carbonyl (C=O) groups excluding carboxylic acids is 2. The predicted octanol–water partition coefficient (Wildman–Crippen LogP) is 2.18. The average molecular weight is 399 g/mol. The average Bonchev–Trinajstić information content (AvgIpc) is 3.21. The summed E-state index contributed by atoms with van der Waals surface area (Å²) in [5, 5.41) is 10.1. The van der Waals surface area contributed by atoms with E-state index >= 15 is 0 Å². The van der Waals surface area contributed by atoms with Crippen molar-refractivity contribution in [3.05, 3.63) is 41.5 Å². The van der Waals surface area contributed by atoms with E-state index in [4.69, 9.17) is 4.74 Å². The number of carbonyl (C=O) groups is 2. The Bertz CT molecular complexity index is 811. The van der Waals surface area contributed by atoms with Crippen LogP contribution in [-0.2, 0) is 14.3 Å². The lowest BCUT2D eigenvalue weighted by Crippen LogP contribution is -2.86. The number of nitrogens with zero attached hydrogens (tertiary/aromatic N) is 2. The molecule has 2 aliphatic heterocycles. The first kappa shape index (κ1) is 20.1. The number of benzene rings is 1. The molecule has 4 rings (SSSR count). The lowest BCUT2D eigenvalue weighted by Gasteiger charge is -2.70. The summed E-state index contributed by atoms with van der Waals surface area (Å²) in [6, 6.07) is 8.29. The predicted molar refractivity (Wildman–Crippen MR) is 110 cm³/mol. The number of likely N-dealkylation sites (tertiary alicyclic amines) is 2. The Labute approximate surface area is 172 Å². The molecule has 2 atom stereocenters. The van der Waals surface area contributed by atoms with Crippen LogP contribution in [0.3, 0.4) is 0 Å². The van der Waals surface area contributed by atoms with Crippen molar-refractivity contribution in [2.75, 3.05) is 33.4 Å². The van der Waals surface area contributed by atoms with Crippen molar-refractivity contribution in [1.29, 1.82) is 0 Å². The van der Waals surface area contributed by atoms with Gasteiger partial charge in [-0.2, -0.15) is 0 Å². The first-order chi connectivity index (χ1) is 14.1. The monoisotopic (exact) mass is 398 g/mol. The van der Waals surface area contributed by atoms with Gasteiger partial charge in [0.15, 0.2) is 0 Å². The Morgan fingerprint density at radius 3 is 2.48 bits per heavy atom. The molecule has 0 unspecified atom stereocenters. The number of aliphatic hydroxyl groups excluding tert-OH is 1. The molecule has 2 saturated heterocycles. The summed E-state index contributed by atoms with van der Waals surface area (Å²) in [4.78, 5) is 28.5. The van der Waals surface area contributed by atoms with E-state index in [1.54, 1.807) is 4.90 Å². The minimum atomic E-state index is -0.442. The summed E-state index contributed by atoms with van der Waals surface area (Å²) in [5.74, 6) is -0.00979. The second-order valence-corrected chi connectivity index (χ2v) is 8.37. The van der Waals surface area contributed by atoms with Gasteiger partial charge in [-0.05, 0) is 36.0 Å². The Morgan fingerprint density at radius 1 is 1.21 bits per heavy atom. The van der Waals surface area contributed by atoms with Gasteiger partial charge < -0.3 is 19.6 Å². The van der Waals surface area contributed by atoms with Gasteiger partial charge in [0.2, 0.25) is 11.8 Å². The first-order valence-electron chi connectivity index (χ1n) is 10.5. The smallest absolute Gasteiger partial charge is 0.249 e. The van der Waals surface area contributed by atoms with Gasteiger partial charge in [-0.15, -0.1) is 0 Å². The van der Waals surface area contributed by atoms with Crippen LogP contribution >= 0.6 is 0 Å². The van der Waals surface area contributed by atoms with Crippen LogP contribution in [0.2, 0.25) is 0 Å². The van der Waals surface area contributed by atoms with Crippen LogP contribution in [0.5, 0.6) is 0 Å². The molecule has 29 heavy (non-hydrogen) atoms. The molecule has 0 bridgehead atoms. The highest BCUT2D eigenvalue weighted by atomic mass is 16.5. The van der Waals surface area contributed by atoms with E-state index < -0.39 is 5.54 Å². The minimum absolute atomic E-state index is 0.0141. The van der Waals surface area contributed by atoms with E-state index in [0.717, 1.165) is 18.4 Å². The van der Waals surface area contributed by atoms with Crippen molar-refractivity contribution < 1.29 is 19.4 Å². The Kier molecular flexibility index (Phi) is 5.49. The van der Waals surface area contributed by atoms with Crippen molar-refractivity contribution in [3.8, 4) is 0 Å². The third-order valence-electron chi connectivity index (χ3n) is 6.76. The van der Waals surface area contributed by atoms with Crippen LogP contribution in [0, 0.1) is 0 Å². The maximum atomic E-state index is 12.7. The fourth-order valence-electron chi connectivity index (χ4n) is 5.45. The number of hydrogen-bond donors (Lipinski definition) is 1. The third kappa shape index (κ3) is 3.19. The van der Waals surface area contributed by atoms with Crippen molar-refractivity contribution in [2.45, 2.75) is 50.1 Å². The van der Waals surface area contributed by atoms with Crippen molar-refractivity contribution in [3.63, 3.8) is 0 Å². The van der Waals surface area contributed by atoms with Crippen LogP contribution in [0.4, 0.5) is 0 Å². The highest BCUT2D eigenvalue weighted by Crippen LogP contribution is 2.54. The van der Waals surface area contributed by atoms with Crippen LogP contribution in [0.15, 0.2) is 30.3 Å². The second kappa shape index (κ2) is 7.92. The Hall–Kier alpha value is -2.18. The molecule has 2 amide bonds. The standard InChI is InChI=1S/C23H30N2O4/c1-3-20(27)24-14-23(15-24)22(19(12-26)25(23)21(28)13-29-2)18-10-8-17(9-11-18)16-6-4-5-7-16/h6,8-11,19,22,26H,3-5,7,12-15H2,1-2H3/t19-,22+/m1/s1. The second-order valence-electron chi connectivity index (χ2n) is 8.37. The van der Waals surface area contributed by atoms with Gasteiger partial charge in [0.1, 0.15) is 6.61 Å². The third-order valence-corrected chi connectivity index (χ3v) is 6.76. The molecule has 0 aromatic heterocycles. The van der Waals surface area contributed by atoms with Gasteiger partial charge in [0.05, 0.1) is 18.2 Å². The molecule has 1 spiro atoms. The van der Waals surface area contributed by atoms with E-state index in [1.165, 1.54) is 24.7 Å². The van der Waals surface area contributed by atoms with Crippen LogP contribution in [0.25, 0.3) is 5.57 Å². The van der Waals surface area contributed by atoms with Crippen LogP contribution in [-0.4, -0.2) is 71.7 Å². The highest BCUT2D eigenvalue weighted by Gasteiger charge is 2.67. The molecule has 6 heteroatoms. The highest BCUT2D eigenvalue weighted by molar-refractivity contribution is 5.83. The molecule has 0 saturated carbocycles. The van der Waals surface area contributed by atoms with Gasteiger partial charge in [0, 0.05) is 32.5 Å². The lowest BCUT2D eigenvalue weighted by atomic mass is 9.60. The molecule has 0 radical (unpaired) electrons. The van der Waals surface area contributed by atoms with Crippen molar-refractivity contribution in [1.82, 2.24) is 9.80 Å². The van der Waals surface area contributed by atoms with Gasteiger partial charge >= 0.3 is 0 Å². The normalized spacial score (nSPS) is 24.9. The molecule has 3 aliphatic rings. The van der Waals surface area contributed by atoms with E-state index in [0.29, 0.717) is 19.5 Å². The summed E-state index contributed by atoms with van der Waals surface area (Å²) < 4.78 is 5.06. The minimum Gasteiger partial charge on any atom is -0.394 e. The number of ether oxygens (including phenoxy) is 1. The number of aliphatic hydroxyl groups is 1. The molecule has 2 fully saturated rings. The fraction of sp³-hybridized carbons (Fsp3) is 0.565. The van der Waals surface area contributed by atoms with E-state index in [2.05, 4.69) is 30.3 Å². The number of amides is 2. The molecule has 156 valence electrons. The number of hydrogen-bond acceptors (Lipinski definition) is 4. The zero-order chi connectivity index (χ0) is 20.6. The Morgan fingerprint density at radius 2 is 1.93 bits per heavy atom. The summed E-state index contributed by atoms with van der Waals surface area (Å²) in [6.45, 7) is 2.77. The molecule has 1 N–H and O–H groups in total. The zero-order valence-corrected chi connectivity index (χ0v) is 17.3. The van der Waals surface area contributed by atoms with E-state index in [9.17, 15) is 14.7 Å². The topological polar surface area (TPSA) is 70.1 Å².